The van der Waals surface area contributed by atoms with Crippen LogP contribution in [-0.4, -0.2) is 14.7 Å². The van der Waals surface area contributed by atoms with Crippen LogP contribution in [-0.2, 0) is 10.0 Å². The van der Waals surface area contributed by atoms with Gasteiger partial charge in [0.05, 0.1) is 11.9 Å². The Morgan fingerprint density at radius 3 is 2.54 bits per heavy atom. The molecule has 1 N–H and O–H groups in total. The topological polar surface area (TPSA) is 46.2 Å². The van der Waals surface area contributed by atoms with Gasteiger partial charge in [-0.25, -0.2) is 8.42 Å². The zero-order valence-corrected chi connectivity index (χ0v) is 9.74. The van der Waals surface area contributed by atoms with Gasteiger partial charge in [0.1, 0.15) is 0 Å². The molecule has 0 atom stereocenters. The highest BCUT2D eigenvalue weighted by Crippen LogP contribution is 2.23. The van der Waals surface area contributed by atoms with Crippen LogP contribution in [0.25, 0.3) is 0 Å². The van der Waals surface area contributed by atoms with Crippen LogP contribution in [0.1, 0.15) is 5.56 Å². The molecule has 0 aromatic heterocycles. The van der Waals surface area contributed by atoms with Gasteiger partial charge in [-0.3, -0.25) is 4.72 Å². The molecule has 13 heavy (non-hydrogen) atoms. The van der Waals surface area contributed by atoms with Crippen molar-refractivity contribution in [2.75, 3.05) is 11.0 Å². The van der Waals surface area contributed by atoms with E-state index in [9.17, 15) is 8.42 Å². The van der Waals surface area contributed by atoms with Gasteiger partial charge < -0.3 is 0 Å². The molecular weight excluding hydrogens is 254 g/mol. The summed E-state index contributed by atoms with van der Waals surface area (Å²) >= 11 is 3.26. The normalized spacial score (nSPS) is 11.3. The zero-order chi connectivity index (χ0) is 10.1. The molecule has 0 spiro atoms. The van der Waals surface area contributed by atoms with E-state index in [0.29, 0.717) is 5.69 Å². The zero-order valence-electron chi connectivity index (χ0n) is 7.33. The quantitative estimate of drug-likeness (QED) is 0.889. The fourth-order valence-corrected chi connectivity index (χ4v) is 1.96. The van der Waals surface area contributed by atoms with E-state index in [1.165, 1.54) is 0 Å². The Hall–Kier alpha value is -0.550. The van der Waals surface area contributed by atoms with Crippen LogP contribution >= 0.6 is 15.9 Å². The smallest absolute Gasteiger partial charge is 0.229 e. The van der Waals surface area contributed by atoms with Crippen molar-refractivity contribution in [3.63, 3.8) is 0 Å². The summed E-state index contributed by atoms with van der Waals surface area (Å²) in [6.07, 6.45) is 1.13. The van der Waals surface area contributed by atoms with E-state index >= 15 is 0 Å². The number of anilines is 1. The molecular formula is C8H10BrNO2S. The van der Waals surface area contributed by atoms with Gasteiger partial charge in [-0.2, -0.15) is 0 Å². The van der Waals surface area contributed by atoms with Crippen LogP contribution in [0.2, 0.25) is 0 Å². The molecule has 0 aliphatic rings. The predicted octanol–water partition coefficient (Wildman–Crippen LogP) is 2.13. The molecule has 1 rings (SSSR count). The molecule has 0 heterocycles. The van der Waals surface area contributed by atoms with Crippen LogP contribution in [0.5, 0.6) is 0 Å². The fourth-order valence-electron chi connectivity index (χ4n) is 0.917. The maximum Gasteiger partial charge on any atom is 0.229 e. The molecule has 0 aliphatic carbocycles. The van der Waals surface area contributed by atoms with E-state index in [-0.39, 0.29) is 0 Å². The van der Waals surface area contributed by atoms with Gasteiger partial charge in [0.25, 0.3) is 0 Å². The maximum absolute atomic E-state index is 10.9. The molecule has 0 fully saturated rings. The SMILES string of the molecule is Cc1ccc(Br)c(NS(C)(=O)=O)c1. The number of halogens is 1. The second-order valence-electron chi connectivity index (χ2n) is 2.86. The number of hydrogen-bond donors (Lipinski definition) is 1. The van der Waals surface area contributed by atoms with Crippen molar-refractivity contribution in [3.05, 3.63) is 28.2 Å². The highest BCUT2D eigenvalue weighted by molar-refractivity contribution is 9.10. The summed E-state index contributed by atoms with van der Waals surface area (Å²) in [6, 6.07) is 5.48. The first-order chi connectivity index (χ1) is 5.88. The number of nitrogens with one attached hydrogen (secondary N) is 1. The molecule has 0 aliphatic heterocycles. The molecule has 3 nitrogen and oxygen atoms in total. The average Bonchev–Trinajstić information content (AvgIpc) is 1.94. The predicted molar refractivity (Wildman–Crippen MR) is 57.3 cm³/mol. The Morgan fingerprint density at radius 2 is 2.00 bits per heavy atom. The maximum atomic E-state index is 10.9. The average molecular weight is 264 g/mol. The van der Waals surface area contributed by atoms with Crippen molar-refractivity contribution in [1.29, 1.82) is 0 Å². The minimum atomic E-state index is -3.20. The highest BCUT2D eigenvalue weighted by Gasteiger charge is 2.05. The molecule has 72 valence electrons. The number of sulfonamides is 1. The fraction of sp³-hybridized carbons (Fsp3) is 0.250. The van der Waals surface area contributed by atoms with Gasteiger partial charge in [0.15, 0.2) is 0 Å². The molecule has 0 bridgehead atoms. The van der Waals surface area contributed by atoms with Crippen molar-refractivity contribution in [2.24, 2.45) is 0 Å². The van der Waals surface area contributed by atoms with Crippen molar-refractivity contribution < 1.29 is 8.42 Å². The lowest BCUT2D eigenvalue weighted by Gasteiger charge is -2.06. The Labute approximate surface area is 86.3 Å². The van der Waals surface area contributed by atoms with Crippen LogP contribution in [0.15, 0.2) is 22.7 Å². The van der Waals surface area contributed by atoms with E-state index in [1.807, 2.05) is 19.1 Å². The van der Waals surface area contributed by atoms with Crippen molar-refractivity contribution in [1.82, 2.24) is 0 Å². The lowest BCUT2D eigenvalue weighted by atomic mass is 10.2. The lowest BCUT2D eigenvalue weighted by Crippen LogP contribution is -2.09. The first kappa shape index (κ1) is 10.5. The monoisotopic (exact) mass is 263 g/mol. The van der Waals surface area contributed by atoms with E-state index in [4.69, 9.17) is 0 Å². The summed E-state index contributed by atoms with van der Waals surface area (Å²) in [7, 11) is -3.20. The number of benzene rings is 1. The standard InChI is InChI=1S/C8H10BrNO2S/c1-6-3-4-7(9)8(5-6)10-13(2,11)12/h3-5,10H,1-2H3. The van der Waals surface area contributed by atoms with Gasteiger partial charge in [-0.15, -0.1) is 0 Å². The lowest BCUT2D eigenvalue weighted by molar-refractivity contribution is 0.607. The molecule has 0 saturated heterocycles. The van der Waals surface area contributed by atoms with Gasteiger partial charge in [0, 0.05) is 4.47 Å². The van der Waals surface area contributed by atoms with Crippen molar-refractivity contribution in [2.45, 2.75) is 6.92 Å². The summed E-state index contributed by atoms with van der Waals surface area (Å²) in [5.74, 6) is 0. The Morgan fingerprint density at radius 1 is 1.38 bits per heavy atom. The molecule has 1 aromatic carbocycles. The Kier molecular flexibility index (Phi) is 2.98. The third-order valence-corrected chi connectivity index (χ3v) is 2.70. The van der Waals surface area contributed by atoms with Gasteiger partial charge in [-0.05, 0) is 40.5 Å². The van der Waals surface area contributed by atoms with Gasteiger partial charge in [-0.1, -0.05) is 6.07 Å². The minimum absolute atomic E-state index is 0.572. The number of aryl methyl sites for hydroxylation is 1. The van der Waals surface area contributed by atoms with Crippen LogP contribution in [0.4, 0.5) is 5.69 Å². The Bertz CT molecular complexity index is 414. The van der Waals surface area contributed by atoms with Crippen LogP contribution in [0, 0.1) is 6.92 Å². The van der Waals surface area contributed by atoms with Gasteiger partial charge in [0.2, 0.25) is 10.0 Å². The number of rotatable bonds is 2. The molecule has 0 saturated carbocycles. The molecule has 1 aromatic rings. The summed E-state index contributed by atoms with van der Waals surface area (Å²) < 4.78 is 25.0. The minimum Gasteiger partial charge on any atom is -0.283 e. The molecule has 0 unspecified atom stereocenters. The third kappa shape index (κ3) is 3.36. The summed E-state index contributed by atoms with van der Waals surface area (Å²) in [5.41, 5.74) is 1.58. The van der Waals surface area contributed by atoms with Crippen molar-refractivity contribution >= 4 is 31.6 Å². The van der Waals surface area contributed by atoms with E-state index in [1.54, 1.807) is 6.07 Å². The van der Waals surface area contributed by atoms with E-state index < -0.39 is 10.0 Å². The summed E-state index contributed by atoms with van der Waals surface area (Å²) in [5, 5.41) is 0. The largest absolute Gasteiger partial charge is 0.283 e. The number of hydrogen-bond acceptors (Lipinski definition) is 2. The summed E-state index contributed by atoms with van der Waals surface area (Å²) in [6.45, 7) is 1.90. The first-order valence-electron chi connectivity index (χ1n) is 3.62. The molecule has 0 amide bonds. The van der Waals surface area contributed by atoms with Gasteiger partial charge >= 0.3 is 0 Å². The highest BCUT2D eigenvalue weighted by atomic mass is 79.9. The van der Waals surface area contributed by atoms with Crippen molar-refractivity contribution in [3.8, 4) is 0 Å². The van der Waals surface area contributed by atoms with E-state index in [0.717, 1.165) is 16.3 Å². The molecule has 5 heteroatoms. The van der Waals surface area contributed by atoms with Crippen LogP contribution < -0.4 is 4.72 Å². The third-order valence-electron chi connectivity index (χ3n) is 1.42. The van der Waals surface area contributed by atoms with E-state index in [2.05, 4.69) is 20.7 Å². The Balaban J connectivity index is 3.08. The first-order valence-corrected chi connectivity index (χ1v) is 6.31. The van der Waals surface area contributed by atoms with Crippen LogP contribution in [0.3, 0.4) is 0 Å². The molecule has 0 radical (unpaired) electrons. The second kappa shape index (κ2) is 3.67. The second-order valence-corrected chi connectivity index (χ2v) is 5.46. The summed E-state index contributed by atoms with van der Waals surface area (Å²) in [4.78, 5) is 0.